The number of thiazole rings is 1. The Labute approximate surface area is 200 Å². The van der Waals surface area contributed by atoms with Gasteiger partial charge in [0.05, 0.1) is 22.9 Å². The maximum atomic E-state index is 12.2. The van der Waals surface area contributed by atoms with E-state index >= 15 is 0 Å². The Kier molecular flexibility index (Phi) is 7.41. The summed E-state index contributed by atoms with van der Waals surface area (Å²) in [7, 11) is 0. The van der Waals surface area contributed by atoms with Crippen LogP contribution < -0.4 is 15.4 Å². The summed E-state index contributed by atoms with van der Waals surface area (Å²) in [6.07, 6.45) is 6.05. The summed E-state index contributed by atoms with van der Waals surface area (Å²) in [5.74, 6) is -0.0801. The molecule has 0 aliphatic rings. The number of anilines is 1. The van der Waals surface area contributed by atoms with Gasteiger partial charge >= 0.3 is 0 Å². The van der Waals surface area contributed by atoms with Gasteiger partial charge in [0.25, 0.3) is 0 Å². The van der Waals surface area contributed by atoms with Crippen molar-refractivity contribution in [1.29, 1.82) is 0 Å². The molecule has 0 atom stereocenters. The van der Waals surface area contributed by atoms with Crippen molar-refractivity contribution in [3.8, 4) is 11.4 Å². The normalized spacial score (nSPS) is 10.9. The predicted molar refractivity (Wildman–Crippen MR) is 130 cm³/mol. The average Bonchev–Trinajstić information content (AvgIpc) is 3.53. The molecule has 0 bridgehead atoms. The van der Waals surface area contributed by atoms with Crippen LogP contribution in [-0.2, 0) is 16.2 Å². The van der Waals surface area contributed by atoms with E-state index in [4.69, 9.17) is 4.74 Å². The fourth-order valence-corrected chi connectivity index (χ4v) is 3.61. The third-order valence-electron chi connectivity index (χ3n) is 4.63. The quantitative estimate of drug-likeness (QED) is 0.360. The molecule has 2 aromatic heterocycles. The smallest absolute Gasteiger partial charge is 0.244 e. The minimum atomic E-state index is -0.387. The first-order valence-electron chi connectivity index (χ1n) is 10.4. The molecular formula is C24H22N6O3S. The van der Waals surface area contributed by atoms with Crippen LogP contribution in [0.5, 0.6) is 5.75 Å². The second-order valence-electron chi connectivity index (χ2n) is 7.17. The minimum absolute atomic E-state index is 0.157. The molecule has 0 spiro atoms. The number of amides is 2. The average molecular weight is 475 g/mol. The lowest BCUT2D eigenvalue weighted by atomic mass is 10.2. The SMILES string of the molecule is Cc1nc(COc2ccccc2/C=C/C(=O)NCC(=O)Nc2ccc(-n3cncn3)cc2)cs1. The molecule has 4 aromatic rings. The molecule has 0 unspecified atom stereocenters. The van der Waals surface area contributed by atoms with Crippen LogP contribution in [0.1, 0.15) is 16.3 Å². The number of carbonyl (C=O) groups is 2. The molecule has 0 aliphatic carbocycles. The molecule has 0 saturated carbocycles. The zero-order chi connectivity index (χ0) is 23.8. The zero-order valence-corrected chi connectivity index (χ0v) is 19.2. The van der Waals surface area contributed by atoms with Crippen LogP contribution in [0.3, 0.4) is 0 Å². The fourth-order valence-electron chi connectivity index (χ4n) is 3.01. The van der Waals surface area contributed by atoms with Crippen molar-refractivity contribution < 1.29 is 14.3 Å². The van der Waals surface area contributed by atoms with Gasteiger partial charge in [-0.2, -0.15) is 5.10 Å². The number of rotatable bonds is 9. The Hall–Kier alpha value is -4.31. The molecule has 10 heteroatoms. The number of para-hydroxylation sites is 1. The number of hydrogen-bond donors (Lipinski definition) is 2. The number of hydrogen-bond acceptors (Lipinski definition) is 7. The lowest BCUT2D eigenvalue weighted by Gasteiger charge is -2.08. The number of nitrogens with one attached hydrogen (secondary N) is 2. The minimum Gasteiger partial charge on any atom is -0.487 e. The van der Waals surface area contributed by atoms with Crippen LogP contribution in [0.15, 0.2) is 72.6 Å². The highest BCUT2D eigenvalue weighted by atomic mass is 32.1. The molecule has 0 aliphatic heterocycles. The van der Waals surface area contributed by atoms with Gasteiger partial charge in [0.15, 0.2) is 0 Å². The van der Waals surface area contributed by atoms with Crippen molar-refractivity contribution in [2.45, 2.75) is 13.5 Å². The van der Waals surface area contributed by atoms with E-state index in [0.717, 1.165) is 22.0 Å². The van der Waals surface area contributed by atoms with E-state index in [1.807, 2.05) is 36.6 Å². The Morgan fingerprint density at radius 2 is 1.97 bits per heavy atom. The maximum Gasteiger partial charge on any atom is 0.244 e. The summed E-state index contributed by atoms with van der Waals surface area (Å²) in [5, 5.41) is 12.3. The standard InChI is InChI=1S/C24H22N6O3S/c1-17-28-20(14-34-17)13-33-22-5-3-2-4-18(22)6-11-23(31)26-12-24(32)29-19-7-9-21(10-8-19)30-16-25-15-27-30/h2-11,14-16H,12-13H2,1H3,(H,26,31)(H,29,32)/b11-6+. The number of nitrogens with zero attached hydrogens (tertiary/aromatic N) is 4. The molecule has 172 valence electrons. The first-order valence-corrected chi connectivity index (χ1v) is 11.3. The highest BCUT2D eigenvalue weighted by Crippen LogP contribution is 2.21. The van der Waals surface area contributed by atoms with Crippen molar-refractivity contribution in [3.63, 3.8) is 0 Å². The fraction of sp³-hybridized carbons (Fsp3) is 0.125. The van der Waals surface area contributed by atoms with Crippen LogP contribution in [0.25, 0.3) is 11.8 Å². The van der Waals surface area contributed by atoms with Crippen LogP contribution in [-0.4, -0.2) is 38.1 Å². The molecule has 0 fully saturated rings. The summed E-state index contributed by atoms with van der Waals surface area (Å²) >= 11 is 1.57. The predicted octanol–water partition coefficient (Wildman–Crippen LogP) is 3.38. The van der Waals surface area contributed by atoms with Gasteiger partial charge in [-0.25, -0.2) is 14.6 Å². The Balaban J connectivity index is 1.26. The van der Waals surface area contributed by atoms with Crippen LogP contribution in [0.4, 0.5) is 5.69 Å². The van der Waals surface area contributed by atoms with Gasteiger partial charge in [-0.1, -0.05) is 18.2 Å². The molecule has 9 nitrogen and oxygen atoms in total. The largest absolute Gasteiger partial charge is 0.487 e. The van der Waals surface area contributed by atoms with E-state index in [9.17, 15) is 9.59 Å². The molecule has 0 saturated heterocycles. The second kappa shape index (κ2) is 11.0. The van der Waals surface area contributed by atoms with Gasteiger partial charge in [-0.15, -0.1) is 11.3 Å². The maximum absolute atomic E-state index is 12.2. The number of carbonyl (C=O) groups excluding carboxylic acids is 2. The first kappa shape index (κ1) is 22.9. The van der Waals surface area contributed by atoms with Crippen molar-refractivity contribution in [2.24, 2.45) is 0 Å². The van der Waals surface area contributed by atoms with Crippen molar-refractivity contribution in [3.05, 3.63) is 88.9 Å². The third kappa shape index (κ3) is 6.36. The van der Waals surface area contributed by atoms with Crippen molar-refractivity contribution >= 4 is 34.9 Å². The Bertz CT molecular complexity index is 1280. The van der Waals surface area contributed by atoms with E-state index in [0.29, 0.717) is 18.0 Å². The molecule has 34 heavy (non-hydrogen) atoms. The monoisotopic (exact) mass is 474 g/mol. The molecule has 2 heterocycles. The lowest BCUT2D eigenvalue weighted by molar-refractivity contribution is -0.121. The number of ether oxygens (including phenoxy) is 1. The summed E-state index contributed by atoms with van der Waals surface area (Å²) in [5.41, 5.74) is 3.04. The molecule has 0 radical (unpaired) electrons. The van der Waals surface area contributed by atoms with E-state index in [1.165, 1.54) is 12.4 Å². The van der Waals surface area contributed by atoms with Crippen LogP contribution >= 0.6 is 11.3 Å². The van der Waals surface area contributed by atoms with Gasteiger partial charge in [0.1, 0.15) is 25.0 Å². The summed E-state index contributed by atoms with van der Waals surface area (Å²) < 4.78 is 7.47. The first-order chi connectivity index (χ1) is 16.6. The zero-order valence-electron chi connectivity index (χ0n) is 18.3. The third-order valence-corrected chi connectivity index (χ3v) is 5.46. The molecular weight excluding hydrogens is 452 g/mol. The second-order valence-corrected chi connectivity index (χ2v) is 8.23. The van der Waals surface area contributed by atoms with Gasteiger partial charge in [-0.05, 0) is 43.3 Å². The van der Waals surface area contributed by atoms with E-state index in [1.54, 1.807) is 52.7 Å². The van der Waals surface area contributed by atoms with Crippen LogP contribution in [0.2, 0.25) is 0 Å². The van der Waals surface area contributed by atoms with Gasteiger partial charge < -0.3 is 15.4 Å². The lowest BCUT2D eigenvalue weighted by Crippen LogP contribution is -2.31. The molecule has 2 amide bonds. The van der Waals surface area contributed by atoms with Gasteiger partial charge in [0, 0.05) is 22.7 Å². The molecule has 4 rings (SSSR count). The summed E-state index contributed by atoms with van der Waals surface area (Å²) in [4.78, 5) is 32.7. The molecule has 2 aromatic carbocycles. The van der Waals surface area contributed by atoms with Gasteiger partial charge in [0.2, 0.25) is 11.8 Å². The van der Waals surface area contributed by atoms with E-state index in [2.05, 4.69) is 25.7 Å². The molecule has 2 N–H and O–H groups in total. The number of aryl methyl sites for hydroxylation is 1. The topological polar surface area (TPSA) is 111 Å². The van der Waals surface area contributed by atoms with E-state index in [-0.39, 0.29) is 18.4 Å². The highest BCUT2D eigenvalue weighted by molar-refractivity contribution is 7.09. The van der Waals surface area contributed by atoms with Gasteiger partial charge in [-0.3, -0.25) is 9.59 Å². The number of benzene rings is 2. The van der Waals surface area contributed by atoms with Crippen molar-refractivity contribution in [1.82, 2.24) is 25.1 Å². The Morgan fingerprint density at radius 1 is 1.15 bits per heavy atom. The van der Waals surface area contributed by atoms with Crippen LogP contribution in [0, 0.1) is 6.92 Å². The van der Waals surface area contributed by atoms with E-state index < -0.39 is 0 Å². The number of aromatic nitrogens is 4. The Morgan fingerprint density at radius 3 is 2.71 bits per heavy atom. The summed E-state index contributed by atoms with van der Waals surface area (Å²) in [6, 6.07) is 14.5. The summed E-state index contributed by atoms with van der Waals surface area (Å²) in [6.45, 7) is 2.14. The highest BCUT2D eigenvalue weighted by Gasteiger charge is 2.07. The van der Waals surface area contributed by atoms with Crippen molar-refractivity contribution in [2.75, 3.05) is 11.9 Å².